The van der Waals surface area contributed by atoms with Crippen LogP contribution in [0.25, 0.3) is 11.1 Å². The van der Waals surface area contributed by atoms with Crippen LogP contribution < -0.4 is 4.90 Å². The van der Waals surface area contributed by atoms with E-state index in [0.717, 1.165) is 0 Å². The standard InChI is InChI=1S/C25H26FN7O5/c1-31(2)14-24(34)36-15-18-10-23(29-38-18)22-6-3-16(11-27-22)20-5-4-17(9-21(20)26)33-13-19(37-25(33)35)12-32-8-7-28-30-32/h3-9,11,18-19H,10,12-15H2,1-2H3/t18-,19-/m0/s1. The number of ether oxygens (including phenoxy) is 2. The molecule has 1 amide bonds. The van der Waals surface area contributed by atoms with Gasteiger partial charge in [-0.25, -0.2) is 13.9 Å². The molecule has 38 heavy (non-hydrogen) atoms. The van der Waals surface area contributed by atoms with Crippen molar-refractivity contribution in [3.05, 3.63) is 60.4 Å². The number of benzene rings is 1. The van der Waals surface area contributed by atoms with Crippen LogP contribution in [0.3, 0.4) is 0 Å². The third-order valence-corrected chi connectivity index (χ3v) is 5.98. The van der Waals surface area contributed by atoms with Crippen LogP contribution in [0.1, 0.15) is 12.1 Å². The minimum atomic E-state index is -0.543. The van der Waals surface area contributed by atoms with E-state index in [1.807, 2.05) is 0 Å². The highest BCUT2D eigenvalue weighted by molar-refractivity contribution is 5.99. The fraction of sp³-hybridized carbons (Fsp3) is 0.360. The van der Waals surface area contributed by atoms with Crippen LogP contribution in [0.15, 0.2) is 54.1 Å². The lowest BCUT2D eigenvalue weighted by atomic mass is 10.0. The van der Waals surface area contributed by atoms with Crippen molar-refractivity contribution >= 4 is 23.5 Å². The van der Waals surface area contributed by atoms with Crippen molar-refractivity contribution in [2.75, 3.05) is 38.7 Å². The molecule has 0 radical (unpaired) electrons. The number of nitrogens with zero attached hydrogens (tertiary/aromatic N) is 7. The minimum absolute atomic E-state index is 0.0983. The summed E-state index contributed by atoms with van der Waals surface area (Å²) in [5.74, 6) is -0.832. The van der Waals surface area contributed by atoms with E-state index < -0.39 is 18.0 Å². The van der Waals surface area contributed by atoms with Crippen LogP contribution in [0.5, 0.6) is 0 Å². The van der Waals surface area contributed by atoms with Crippen LogP contribution in [0.2, 0.25) is 0 Å². The third-order valence-electron chi connectivity index (χ3n) is 5.98. The van der Waals surface area contributed by atoms with Gasteiger partial charge in [0.1, 0.15) is 24.2 Å². The second-order valence-electron chi connectivity index (χ2n) is 9.23. The molecule has 0 bridgehead atoms. The number of amides is 1. The first-order valence-electron chi connectivity index (χ1n) is 12.0. The molecule has 1 fully saturated rings. The van der Waals surface area contributed by atoms with Gasteiger partial charge in [-0.05, 0) is 38.4 Å². The van der Waals surface area contributed by atoms with Gasteiger partial charge in [-0.15, -0.1) is 5.10 Å². The molecular weight excluding hydrogens is 497 g/mol. The highest BCUT2D eigenvalue weighted by Crippen LogP contribution is 2.29. The van der Waals surface area contributed by atoms with Gasteiger partial charge < -0.3 is 14.3 Å². The molecule has 198 valence electrons. The lowest BCUT2D eigenvalue weighted by molar-refractivity contribution is -0.147. The smallest absolute Gasteiger partial charge is 0.414 e. The van der Waals surface area contributed by atoms with Crippen molar-refractivity contribution in [1.29, 1.82) is 0 Å². The predicted octanol–water partition coefficient (Wildman–Crippen LogP) is 2.10. The Morgan fingerprint density at radius 3 is 2.82 bits per heavy atom. The maximum atomic E-state index is 15.1. The van der Waals surface area contributed by atoms with Gasteiger partial charge in [0.15, 0.2) is 6.10 Å². The Hall–Kier alpha value is -4.39. The molecule has 2 aliphatic heterocycles. The molecule has 1 aromatic carbocycles. The number of likely N-dealkylation sites (N-methyl/N-ethyl adjacent to an activating group) is 1. The molecule has 2 aromatic heterocycles. The lowest BCUT2D eigenvalue weighted by Crippen LogP contribution is -2.27. The molecule has 13 heteroatoms. The number of cyclic esters (lactones) is 1. The zero-order valence-electron chi connectivity index (χ0n) is 20.9. The number of esters is 1. The third kappa shape index (κ3) is 5.78. The Kier molecular flexibility index (Phi) is 7.26. The molecule has 0 N–H and O–H groups in total. The molecule has 1 saturated heterocycles. The van der Waals surface area contributed by atoms with E-state index in [1.165, 1.54) is 11.0 Å². The Balaban J connectivity index is 1.19. The van der Waals surface area contributed by atoms with Crippen LogP contribution >= 0.6 is 0 Å². The number of hydrogen-bond donors (Lipinski definition) is 0. The van der Waals surface area contributed by atoms with E-state index in [9.17, 15) is 9.59 Å². The monoisotopic (exact) mass is 523 g/mol. The minimum Gasteiger partial charge on any atom is -0.461 e. The van der Waals surface area contributed by atoms with E-state index in [2.05, 4.69) is 20.5 Å². The maximum Gasteiger partial charge on any atom is 0.414 e. The quantitative estimate of drug-likeness (QED) is 0.388. The number of anilines is 1. The van der Waals surface area contributed by atoms with Crippen molar-refractivity contribution in [2.24, 2.45) is 5.16 Å². The van der Waals surface area contributed by atoms with Crippen LogP contribution in [-0.4, -0.2) is 88.7 Å². The van der Waals surface area contributed by atoms with Crippen LogP contribution in [0.4, 0.5) is 14.9 Å². The highest BCUT2D eigenvalue weighted by Gasteiger charge is 2.33. The second kappa shape index (κ2) is 10.9. The zero-order chi connectivity index (χ0) is 26.6. The molecule has 0 unspecified atom stereocenters. The topological polar surface area (TPSA) is 124 Å². The number of oxime groups is 1. The van der Waals surface area contributed by atoms with E-state index in [-0.39, 0.29) is 31.8 Å². The number of hydrogen-bond acceptors (Lipinski definition) is 10. The number of halogens is 1. The van der Waals surface area contributed by atoms with Crippen LogP contribution in [-0.2, 0) is 25.7 Å². The fourth-order valence-corrected chi connectivity index (χ4v) is 4.15. The van der Waals surface area contributed by atoms with E-state index in [4.69, 9.17) is 14.3 Å². The van der Waals surface area contributed by atoms with Gasteiger partial charge in [0, 0.05) is 29.9 Å². The Bertz CT molecular complexity index is 1330. The first-order chi connectivity index (χ1) is 18.4. The number of aromatic nitrogens is 4. The first kappa shape index (κ1) is 25.3. The summed E-state index contributed by atoms with van der Waals surface area (Å²) < 4.78 is 27.3. The van der Waals surface area contributed by atoms with Gasteiger partial charge in [-0.1, -0.05) is 16.4 Å². The molecule has 5 rings (SSSR count). The molecule has 3 aromatic rings. The van der Waals surface area contributed by atoms with E-state index >= 15 is 4.39 Å². The SMILES string of the molecule is CN(C)CC(=O)OC[C@@H]1CC(c2ccc(-c3ccc(N4C[C@H](Cn5ccnn5)OC4=O)cc3F)cn2)=NO1. The van der Waals surface area contributed by atoms with Crippen molar-refractivity contribution in [3.63, 3.8) is 0 Å². The summed E-state index contributed by atoms with van der Waals surface area (Å²) in [5.41, 5.74) is 2.52. The molecule has 4 heterocycles. The van der Waals surface area contributed by atoms with Crippen LogP contribution in [0, 0.1) is 5.82 Å². The van der Waals surface area contributed by atoms with Gasteiger partial charge in [-0.2, -0.15) is 0 Å². The average Bonchev–Trinajstić information content (AvgIpc) is 3.65. The number of pyridine rings is 1. The first-order valence-corrected chi connectivity index (χ1v) is 12.0. The molecule has 0 aliphatic carbocycles. The Labute approximate surface area is 217 Å². The normalized spacial score (nSPS) is 18.9. The number of rotatable bonds is 9. The van der Waals surface area contributed by atoms with E-state index in [0.29, 0.717) is 41.2 Å². The molecule has 12 nitrogen and oxygen atoms in total. The van der Waals surface area contributed by atoms with E-state index in [1.54, 1.807) is 66.5 Å². The second-order valence-corrected chi connectivity index (χ2v) is 9.23. The summed E-state index contributed by atoms with van der Waals surface area (Å²) in [5, 5.41) is 11.7. The summed E-state index contributed by atoms with van der Waals surface area (Å²) >= 11 is 0. The summed E-state index contributed by atoms with van der Waals surface area (Å²) in [4.78, 5) is 37.0. The average molecular weight is 524 g/mol. The molecule has 2 aliphatic rings. The summed E-state index contributed by atoms with van der Waals surface area (Å²) in [6.45, 7) is 0.919. The molecule has 0 spiro atoms. The Morgan fingerprint density at radius 1 is 1.24 bits per heavy atom. The molecule has 0 saturated carbocycles. The maximum absolute atomic E-state index is 15.1. The summed E-state index contributed by atoms with van der Waals surface area (Å²) in [7, 11) is 3.57. The largest absolute Gasteiger partial charge is 0.461 e. The van der Waals surface area contributed by atoms with Gasteiger partial charge in [0.2, 0.25) is 0 Å². The molecule has 2 atom stereocenters. The van der Waals surface area contributed by atoms with Crippen molar-refractivity contribution in [3.8, 4) is 11.1 Å². The van der Waals surface area contributed by atoms with Crippen molar-refractivity contribution < 1.29 is 28.3 Å². The van der Waals surface area contributed by atoms with Gasteiger partial charge >= 0.3 is 12.1 Å². The predicted molar refractivity (Wildman–Crippen MR) is 133 cm³/mol. The molecular formula is C25H26FN7O5. The highest BCUT2D eigenvalue weighted by atomic mass is 19.1. The fourth-order valence-electron chi connectivity index (χ4n) is 4.15. The van der Waals surface area contributed by atoms with Crippen molar-refractivity contribution in [2.45, 2.75) is 25.2 Å². The lowest BCUT2D eigenvalue weighted by Gasteiger charge is -2.14. The van der Waals surface area contributed by atoms with Crippen molar-refractivity contribution in [1.82, 2.24) is 24.9 Å². The number of carbonyl (C=O) groups excluding carboxylic acids is 2. The zero-order valence-corrected chi connectivity index (χ0v) is 20.9. The summed E-state index contributed by atoms with van der Waals surface area (Å²) in [6, 6.07) is 8.05. The summed E-state index contributed by atoms with van der Waals surface area (Å²) in [6.07, 6.45) is 3.87. The number of carbonyl (C=O) groups is 2. The van der Waals surface area contributed by atoms with Gasteiger partial charge in [0.05, 0.1) is 37.2 Å². The van der Waals surface area contributed by atoms with Gasteiger partial charge in [-0.3, -0.25) is 19.6 Å². The van der Waals surface area contributed by atoms with Gasteiger partial charge in [0.25, 0.3) is 0 Å². The Morgan fingerprint density at radius 2 is 2.11 bits per heavy atom.